The molecule has 0 fully saturated rings. The van der Waals surface area contributed by atoms with Gasteiger partial charge in [-0.1, -0.05) is 6.08 Å². The Hall–Kier alpha value is -3.01. The van der Waals surface area contributed by atoms with Gasteiger partial charge in [0.2, 0.25) is 5.91 Å². The second kappa shape index (κ2) is 8.39. The van der Waals surface area contributed by atoms with Gasteiger partial charge in [-0.15, -0.1) is 0 Å². The highest BCUT2D eigenvalue weighted by Crippen LogP contribution is 2.20. The Morgan fingerprint density at radius 3 is 2.69 bits per heavy atom. The zero-order valence-electron chi connectivity index (χ0n) is 14.5. The van der Waals surface area contributed by atoms with Gasteiger partial charge in [-0.2, -0.15) is 4.98 Å². The van der Waals surface area contributed by atoms with Crippen molar-refractivity contribution in [2.24, 2.45) is 0 Å². The summed E-state index contributed by atoms with van der Waals surface area (Å²) in [5, 5.41) is 2.41. The van der Waals surface area contributed by atoms with Gasteiger partial charge in [-0.05, 0) is 19.1 Å². The molecule has 140 valence electrons. The summed E-state index contributed by atoms with van der Waals surface area (Å²) >= 11 is 0. The molecule has 10 nitrogen and oxygen atoms in total. The molecular formula is C16H19N3O7. The van der Waals surface area contributed by atoms with Gasteiger partial charge >= 0.3 is 17.6 Å². The number of nitrogens with zero attached hydrogens (tertiary/aromatic N) is 2. The van der Waals surface area contributed by atoms with Gasteiger partial charge in [-0.3, -0.25) is 14.2 Å². The standard InChI is InChI=1S/C16H19N3O7/c1-9(25-11(3)21)15(22)24-8-12-4-5-14(26-12)19-7-6-13(17-10(2)20)18-16(19)23/h4-7,9,12,14H,8H2,1-3H3,(H,17,18,20,23)/t9?,12-,14+/m0/s1. The summed E-state index contributed by atoms with van der Waals surface area (Å²) in [4.78, 5) is 49.2. The van der Waals surface area contributed by atoms with Gasteiger partial charge in [0.15, 0.2) is 12.3 Å². The Labute approximate surface area is 148 Å². The minimum Gasteiger partial charge on any atom is -0.460 e. The van der Waals surface area contributed by atoms with Gasteiger partial charge in [-0.25, -0.2) is 9.59 Å². The van der Waals surface area contributed by atoms with E-state index >= 15 is 0 Å². The number of ether oxygens (including phenoxy) is 3. The minimum absolute atomic E-state index is 0.0937. The van der Waals surface area contributed by atoms with Crippen LogP contribution in [0.1, 0.15) is 27.0 Å². The van der Waals surface area contributed by atoms with Crippen LogP contribution in [0.25, 0.3) is 0 Å². The van der Waals surface area contributed by atoms with Crippen LogP contribution in [0.4, 0.5) is 5.82 Å². The molecule has 2 heterocycles. The highest BCUT2D eigenvalue weighted by atomic mass is 16.6. The molecule has 0 radical (unpaired) electrons. The maximum Gasteiger partial charge on any atom is 0.351 e. The Kier molecular flexibility index (Phi) is 6.23. The summed E-state index contributed by atoms with van der Waals surface area (Å²) in [6.45, 7) is 3.81. The number of hydrogen-bond donors (Lipinski definition) is 1. The molecule has 1 amide bonds. The minimum atomic E-state index is -1.01. The number of amides is 1. The molecule has 1 aromatic heterocycles. The normalized spacial score (nSPS) is 19.7. The van der Waals surface area contributed by atoms with E-state index in [1.807, 2.05) is 0 Å². The van der Waals surface area contributed by atoms with E-state index in [1.54, 1.807) is 12.2 Å². The van der Waals surface area contributed by atoms with Crippen LogP contribution in [-0.2, 0) is 28.6 Å². The van der Waals surface area contributed by atoms with Crippen LogP contribution in [-0.4, -0.2) is 46.2 Å². The van der Waals surface area contributed by atoms with E-state index in [1.165, 1.54) is 37.6 Å². The summed E-state index contributed by atoms with van der Waals surface area (Å²) < 4.78 is 16.6. The van der Waals surface area contributed by atoms with E-state index in [9.17, 15) is 19.2 Å². The van der Waals surface area contributed by atoms with Gasteiger partial charge in [0.1, 0.15) is 18.5 Å². The Morgan fingerprint density at radius 1 is 1.35 bits per heavy atom. The number of hydrogen-bond acceptors (Lipinski definition) is 8. The van der Waals surface area contributed by atoms with Crippen molar-refractivity contribution < 1.29 is 28.6 Å². The Bertz CT molecular complexity index is 786. The summed E-state index contributed by atoms with van der Waals surface area (Å²) in [5.41, 5.74) is -0.605. The Balaban J connectivity index is 1.90. The molecule has 26 heavy (non-hydrogen) atoms. The van der Waals surface area contributed by atoms with Crippen molar-refractivity contribution >= 4 is 23.7 Å². The van der Waals surface area contributed by atoms with E-state index < -0.39 is 36.1 Å². The third-order valence-corrected chi connectivity index (χ3v) is 3.28. The zero-order chi connectivity index (χ0) is 19.3. The molecule has 3 atom stereocenters. The van der Waals surface area contributed by atoms with E-state index in [0.29, 0.717) is 0 Å². The van der Waals surface area contributed by atoms with Crippen molar-refractivity contribution in [2.75, 3.05) is 11.9 Å². The van der Waals surface area contributed by atoms with Gasteiger partial charge < -0.3 is 19.5 Å². The lowest BCUT2D eigenvalue weighted by Crippen LogP contribution is -2.30. The lowest BCUT2D eigenvalue weighted by molar-refractivity contribution is -0.167. The number of nitrogens with one attached hydrogen (secondary N) is 1. The first-order valence-electron chi connectivity index (χ1n) is 7.80. The molecule has 0 aliphatic carbocycles. The van der Waals surface area contributed by atoms with Crippen molar-refractivity contribution in [1.82, 2.24) is 9.55 Å². The van der Waals surface area contributed by atoms with Gasteiger partial charge in [0, 0.05) is 20.0 Å². The molecule has 1 aliphatic rings. The fourth-order valence-corrected chi connectivity index (χ4v) is 2.18. The fourth-order valence-electron chi connectivity index (χ4n) is 2.18. The predicted molar refractivity (Wildman–Crippen MR) is 88.0 cm³/mol. The molecule has 0 bridgehead atoms. The largest absolute Gasteiger partial charge is 0.460 e. The van der Waals surface area contributed by atoms with Crippen LogP contribution in [0.2, 0.25) is 0 Å². The summed E-state index contributed by atoms with van der Waals surface area (Å²) in [7, 11) is 0. The lowest BCUT2D eigenvalue weighted by Gasteiger charge is -2.17. The fraction of sp³-hybridized carbons (Fsp3) is 0.438. The van der Waals surface area contributed by atoms with Crippen LogP contribution in [0.5, 0.6) is 0 Å². The second-order valence-electron chi connectivity index (χ2n) is 5.52. The van der Waals surface area contributed by atoms with Gasteiger partial charge in [0.25, 0.3) is 0 Å². The SMILES string of the molecule is CC(=O)Nc1ccn([C@H]2C=C[C@@H](COC(=O)C(C)OC(C)=O)O2)c(=O)n1. The van der Waals surface area contributed by atoms with Crippen LogP contribution in [0.15, 0.2) is 29.2 Å². The number of carbonyl (C=O) groups excluding carboxylic acids is 3. The van der Waals surface area contributed by atoms with Crippen molar-refractivity contribution in [3.05, 3.63) is 34.9 Å². The number of aromatic nitrogens is 2. The number of anilines is 1. The molecule has 0 spiro atoms. The first-order chi connectivity index (χ1) is 12.3. The summed E-state index contributed by atoms with van der Waals surface area (Å²) in [5.74, 6) is -1.47. The molecular weight excluding hydrogens is 346 g/mol. The smallest absolute Gasteiger partial charge is 0.351 e. The highest BCUT2D eigenvalue weighted by molar-refractivity contribution is 5.87. The predicted octanol–water partition coefficient (Wildman–Crippen LogP) is 0.150. The Morgan fingerprint density at radius 2 is 2.08 bits per heavy atom. The molecule has 1 aliphatic heterocycles. The number of carbonyl (C=O) groups is 3. The second-order valence-corrected chi connectivity index (χ2v) is 5.52. The average molecular weight is 365 g/mol. The van der Waals surface area contributed by atoms with E-state index in [4.69, 9.17) is 14.2 Å². The van der Waals surface area contributed by atoms with Crippen molar-refractivity contribution in [1.29, 1.82) is 0 Å². The van der Waals surface area contributed by atoms with Crippen LogP contribution in [0, 0.1) is 0 Å². The molecule has 2 rings (SSSR count). The summed E-state index contributed by atoms with van der Waals surface area (Å²) in [6.07, 6.45) is 2.41. The van der Waals surface area contributed by atoms with Crippen LogP contribution in [0.3, 0.4) is 0 Å². The molecule has 10 heteroatoms. The van der Waals surface area contributed by atoms with E-state index in [-0.39, 0.29) is 18.3 Å². The topological polar surface area (TPSA) is 126 Å². The zero-order valence-corrected chi connectivity index (χ0v) is 14.5. The molecule has 0 saturated heterocycles. The van der Waals surface area contributed by atoms with E-state index in [0.717, 1.165) is 0 Å². The maximum atomic E-state index is 12.0. The number of rotatable bonds is 6. The average Bonchev–Trinajstić information content (AvgIpc) is 3.00. The monoisotopic (exact) mass is 365 g/mol. The van der Waals surface area contributed by atoms with Crippen LogP contribution >= 0.6 is 0 Å². The quantitative estimate of drug-likeness (QED) is 0.558. The van der Waals surface area contributed by atoms with Crippen molar-refractivity contribution in [2.45, 2.75) is 39.2 Å². The molecule has 1 unspecified atom stereocenters. The van der Waals surface area contributed by atoms with E-state index in [2.05, 4.69) is 10.3 Å². The highest BCUT2D eigenvalue weighted by Gasteiger charge is 2.25. The molecule has 0 aromatic carbocycles. The third-order valence-electron chi connectivity index (χ3n) is 3.28. The third kappa shape index (κ3) is 5.24. The van der Waals surface area contributed by atoms with Gasteiger partial charge in [0.05, 0.1) is 0 Å². The lowest BCUT2D eigenvalue weighted by atomic mass is 10.3. The molecule has 1 aromatic rings. The first kappa shape index (κ1) is 19.3. The van der Waals surface area contributed by atoms with Crippen molar-refractivity contribution in [3.63, 3.8) is 0 Å². The molecule has 0 saturated carbocycles. The number of esters is 2. The van der Waals surface area contributed by atoms with Crippen molar-refractivity contribution in [3.8, 4) is 0 Å². The maximum absolute atomic E-state index is 12.0. The molecule has 1 N–H and O–H groups in total. The first-order valence-corrected chi connectivity index (χ1v) is 7.80. The van der Waals surface area contributed by atoms with Crippen LogP contribution < -0.4 is 11.0 Å². The summed E-state index contributed by atoms with van der Waals surface area (Å²) in [6, 6.07) is 1.47.